The van der Waals surface area contributed by atoms with Crippen LogP contribution in [0.5, 0.6) is 0 Å². The number of rotatable bonds is 4. The number of nitrogens with zero attached hydrogens (tertiary/aromatic N) is 1. The Bertz CT molecular complexity index is 1030. The van der Waals surface area contributed by atoms with Crippen LogP contribution in [-0.2, 0) is 16.8 Å². The summed E-state index contributed by atoms with van der Waals surface area (Å²) in [6.45, 7) is 1.00. The average Bonchev–Trinajstić information content (AvgIpc) is 3.14. The third-order valence-corrected chi connectivity index (χ3v) is 6.70. The number of carbonyl (C=O) groups excluding carboxylic acids is 1. The van der Waals surface area contributed by atoms with Gasteiger partial charge < -0.3 is 10.2 Å². The van der Waals surface area contributed by atoms with Crippen molar-refractivity contribution >= 4 is 50.7 Å². The summed E-state index contributed by atoms with van der Waals surface area (Å²) in [5.74, 6) is -2.98. The quantitative estimate of drug-likeness (QED) is 0.275. The first-order valence-corrected chi connectivity index (χ1v) is 10.6. The Morgan fingerprint density at radius 1 is 1.23 bits per heavy atom. The fourth-order valence-corrected chi connectivity index (χ4v) is 4.61. The Hall–Kier alpha value is -1.58. The summed E-state index contributed by atoms with van der Waals surface area (Å²) < 4.78 is 71.8. The van der Waals surface area contributed by atoms with E-state index in [2.05, 4.69) is 21.2 Å². The van der Waals surface area contributed by atoms with Crippen LogP contribution in [0.3, 0.4) is 0 Å². The second-order valence-electron chi connectivity index (χ2n) is 7.28. The number of hydrogen-bond acceptors (Lipinski definition) is 2. The van der Waals surface area contributed by atoms with Gasteiger partial charge in [-0.25, -0.2) is 8.78 Å². The van der Waals surface area contributed by atoms with Gasteiger partial charge in [0.25, 0.3) is 0 Å². The molecule has 0 aliphatic carbocycles. The molecule has 0 saturated carbocycles. The van der Waals surface area contributed by atoms with Crippen LogP contribution in [-0.4, -0.2) is 25.2 Å². The van der Waals surface area contributed by atoms with Gasteiger partial charge in [0, 0.05) is 42.3 Å². The number of carbonyl (C=O) groups is 1. The number of amides is 1. The van der Waals surface area contributed by atoms with Crippen molar-refractivity contribution in [1.82, 2.24) is 5.32 Å². The van der Waals surface area contributed by atoms with Crippen molar-refractivity contribution in [2.45, 2.75) is 31.5 Å². The zero-order chi connectivity index (χ0) is 23.1. The molecule has 1 N–H and O–H groups in total. The minimum atomic E-state index is -4.84. The predicted octanol–water partition coefficient (Wildman–Crippen LogP) is 6.38. The van der Waals surface area contributed by atoms with Crippen LogP contribution in [0.2, 0.25) is 10.0 Å². The maximum Gasteiger partial charge on any atom is 0.400 e. The van der Waals surface area contributed by atoms with E-state index in [1.807, 2.05) is 0 Å². The zero-order valence-electron chi connectivity index (χ0n) is 16.0. The van der Waals surface area contributed by atoms with E-state index in [4.69, 9.17) is 23.2 Å². The lowest BCUT2D eigenvalue weighted by molar-refractivity contribution is -0.185. The molecular weight excluding hydrogens is 530 g/mol. The van der Waals surface area contributed by atoms with Crippen molar-refractivity contribution in [3.8, 4) is 0 Å². The summed E-state index contributed by atoms with van der Waals surface area (Å²) in [7, 11) is 0. The number of hydrogen-bond donors (Lipinski definition) is 1. The van der Waals surface area contributed by atoms with Crippen LogP contribution in [0.15, 0.2) is 28.7 Å². The van der Waals surface area contributed by atoms with Gasteiger partial charge >= 0.3 is 6.18 Å². The van der Waals surface area contributed by atoms with Crippen molar-refractivity contribution < 1.29 is 26.7 Å². The van der Waals surface area contributed by atoms with E-state index in [9.17, 15) is 26.7 Å². The Morgan fingerprint density at radius 3 is 2.48 bits per heavy atom. The molecule has 0 spiro atoms. The van der Waals surface area contributed by atoms with Crippen molar-refractivity contribution in [2.24, 2.45) is 0 Å². The molecular formula is C20H16BrCl2F5N2O. The van der Waals surface area contributed by atoms with Gasteiger partial charge in [0.05, 0.1) is 5.02 Å². The van der Waals surface area contributed by atoms with Crippen LogP contribution in [0.1, 0.15) is 24.5 Å². The minimum Gasteiger partial charge on any atom is -0.370 e. The van der Waals surface area contributed by atoms with Crippen molar-refractivity contribution in [2.75, 3.05) is 18.0 Å². The van der Waals surface area contributed by atoms with Gasteiger partial charge in [0.15, 0.2) is 5.82 Å². The molecule has 3 nitrogen and oxygen atoms in total. The second-order valence-corrected chi connectivity index (χ2v) is 8.92. The third kappa shape index (κ3) is 4.50. The summed E-state index contributed by atoms with van der Waals surface area (Å²) in [6.07, 6.45) is -5.30. The summed E-state index contributed by atoms with van der Waals surface area (Å²) in [6, 6.07) is 5.59. The molecule has 11 heteroatoms. The van der Waals surface area contributed by atoms with E-state index in [0.717, 1.165) is 5.56 Å². The summed E-state index contributed by atoms with van der Waals surface area (Å²) in [5, 5.41) is 0.906. The molecule has 1 unspecified atom stereocenters. The lowest BCUT2D eigenvalue weighted by Gasteiger charge is -2.33. The van der Waals surface area contributed by atoms with Crippen LogP contribution in [0.4, 0.5) is 27.6 Å². The van der Waals surface area contributed by atoms with Crippen LogP contribution in [0.25, 0.3) is 0 Å². The SMILES string of the molecule is CC(=O)NCc1ccc(N2CCC(c3cc(Cl)c(F)c(Cl)c3F)(C(F)(F)F)C2)cc1Br. The fourth-order valence-electron chi connectivity index (χ4n) is 3.65. The van der Waals surface area contributed by atoms with E-state index < -0.39 is 51.8 Å². The van der Waals surface area contributed by atoms with E-state index in [0.29, 0.717) is 16.2 Å². The Labute approximate surface area is 193 Å². The zero-order valence-corrected chi connectivity index (χ0v) is 19.1. The fraction of sp³-hybridized carbons (Fsp3) is 0.350. The Kier molecular flexibility index (Phi) is 6.79. The molecule has 0 aromatic heterocycles. The molecule has 2 aromatic rings. The van der Waals surface area contributed by atoms with Gasteiger partial charge in [0.2, 0.25) is 5.91 Å². The van der Waals surface area contributed by atoms with Crippen LogP contribution < -0.4 is 10.2 Å². The second kappa shape index (κ2) is 8.75. The lowest BCUT2D eigenvalue weighted by Crippen LogP contribution is -2.45. The molecule has 1 saturated heterocycles. The molecule has 1 aliphatic heterocycles. The average molecular weight is 546 g/mol. The van der Waals surface area contributed by atoms with Crippen LogP contribution >= 0.6 is 39.1 Å². The molecule has 3 rings (SSSR count). The first-order chi connectivity index (χ1) is 14.4. The summed E-state index contributed by atoms with van der Waals surface area (Å²) >= 11 is 14.6. The van der Waals surface area contributed by atoms with Gasteiger partial charge in [-0.2, -0.15) is 13.2 Å². The molecule has 1 amide bonds. The maximum atomic E-state index is 14.7. The van der Waals surface area contributed by atoms with Gasteiger partial charge in [-0.3, -0.25) is 4.79 Å². The number of benzene rings is 2. The molecule has 1 heterocycles. The van der Waals surface area contributed by atoms with Gasteiger partial charge in [-0.15, -0.1) is 0 Å². The first kappa shape index (κ1) is 24.1. The number of halogens is 8. The third-order valence-electron chi connectivity index (χ3n) is 5.36. The molecule has 168 valence electrons. The lowest BCUT2D eigenvalue weighted by atomic mass is 9.78. The molecule has 31 heavy (non-hydrogen) atoms. The van der Waals surface area contributed by atoms with Gasteiger partial charge in [0.1, 0.15) is 16.3 Å². The maximum absolute atomic E-state index is 14.7. The van der Waals surface area contributed by atoms with Gasteiger partial charge in [-0.05, 0) is 30.2 Å². The molecule has 1 aliphatic rings. The van der Waals surface area contributed by atoms with Crippen LogP contribution in [0, 0.1) is 11.6 Å². The summed E-state index contributed by atoms with van der Waals surface area (Å²) in [4.78, 5) is 12.6. The number of alkyl halides is 3. The number of nitrogens with one attached hydrogen (secondary N) is 1. The highest BCUT2D eigenvalue weighted by Gasteiger charge is 2.60. The largest absolute Gasteiger partial charge is 0.400 e. The van der Waals surface area contributed by atoms with E-state index in [1.54, 1.807) is 18.2 Å². The highest BCUT2D eigenvalue weighted by molar-refractivity contribution is 9.10. The molecule has 1 atom stereocenters. The van der Waals surface area contributed by atoms with E-state index in [1.165, 1.54) is 11.8 Å². The molecule has 0 bridgehead atoms. The predicted molar refractivity (Wildman–Crippen MR) is 113 cm³/mol. The first-order valence-electron chi connectivity index (χ1n) is 9.05. The van der Waals surface area contributed by atoms with Gasteiger partial charge in [-0.1, -0.05) is 45.2 Å². The highest BCUT2D eigenvalue weighted by atomic mass is 79.9. The Morgan fingerprint density at radius 2 is 1.90 bits per heavy atom. The topological polar surface area (TPSA) is 32.3 Å². The number of anilines is 1. The van der Waals surface area contributed by atoms with Crippen molar-refractivity contribution in [1.29, 1.82) is 0 Å². The molecule has 1 fully saturated rings. The molecule has 2 aromatic carbocycles. The normalized spacial score (nSPS) is 19.1. The summed E-state index contributed by atoms with van der Waals surface area (Å²) in [5.41, 5.74) is -2.17. The molecule has 0 radical (unpaired) electrons. The minimum absolute atomic E-state index is 0.0248. The van der Waals surface area contributed by atoms with Crippen molar-refractivity contribution in [3.63, 3.8) is 0 Å². The van der Waals surface area contributed by atoms with E-state index in [-0.39, 0.29) is 19.0 Å². The van der Waals surface area contributed by atoms with E-state index >= 15 is 0 Å². The standard InChI is InChI=1S/C20H16BrCl2F5N2O/c1-10(31)29-8-11-2-3-12(6-14(11)21)30-5-4-19(9-30,20(26,27)28)13-7-15(22)18(25)16(23)17(13)24/h2-3,6-7H,4-5,8-9H2,1H3,(H,29,31). The highest BCUT2D eigenvalue weighted by Crippen LogP contribution is 2.51. The monoisotopic (exact) mass is 544 g/mol. The smallest absolute Gasteiger partial charge is 0.370 e. The Balaban J connectivity index is 1.98. The van der Waals surface area contributed by atoms with Crippen molar-refractivity contribution in [3.05, 3.63) is 61.5 Å².